The quantitative estimate of drug-likeness (QED) is 0.619. The molecule has 1 aromatic heterocycles. The van der Waals surface area contributed by atoms with Gasteiger partial charge in [0.05, 0.1) is 11.0 Å². The molecule has 0 radical (unpaired) electrons. The average Bonchev–Trinajstić information content (AvgIpc) is 2.74. The Morgan fingerprint density at radius 2 is 1.54 bits per heavy atom. The van der Waals surface area contributed by atoms with Crippen molar-refractivity contribution in [3.05, 3.63) is 70.6 Å². The summed E-state index contributed by atoms with van der Waals surface area (Å²) in [5.41, 5.74) is 3.78. The Labute approximate surface area is 166 Å². The van der Waals surface area contributed by atoms with Crippen molar-refractivity contribution in [1.29, 1.82) is 0 Å². The molecule has 0 unspecified atom stereocenters. The van der Waals surface area contributed by atoms with Crippen molar-refractivity contribution >= 4 is 16.7 Å². The molecule has 0 N–H and O–H groups in total. The first-order valence-electron chi connectivity index (χ1n) is 10.2. The second-order valence-electron chi connectivity index (χ2n) is 7.51. The fourth-order valence-electron chi connectivity index (χ4n) is 4.02. The van der Waals surface area contributed by atoms with Crippen LogP contribution in [0.4, 0.5) is 5.69 Å². The first kappa shape index (κ1) is 18.7. The van der Waals surface area contributed by atoms with E-state index in [2.05, 4.69) is 45.1 Å². The Balaban J connectivity index is 1.29. The van der Waals surface area contributed by atoms with Crippen molar-refractivity contribution in [1.82, 2.24) is 14.5 Å². The molecule has 0 bridgehead atoms. The van der Waals surface area contributed by atoms with Crippen LogP contribution in [0.2, 0.25) is 0 Å². The summed E-state index contributed by atoms with van der Waals surface area (Å²) in [4.78, 5) is 22.0. The lowest BCUT2D eigenvalue weighted by Gasteiger charge is -2.36. The van der Waals surface area contributed by atoms with Gasteiger partial charge in [0.1, 0.15) is 5.69 Å². The number of unbranched alkanes of at least 4 members (excludes halogenated alkanes) is 1. The normalized spacial score (nSPS) is 15.2. The highest BCUT2D eigenvalue weighted by Gasteiger charge is 2.16. The van der Waals surface area contributed by atoms with Crippen LogP contribution in [-0.2, 0) is 6.54 Å². The zero-order chi connectivity index (χ0) is 19.3. The van der Waals surface area contributed by atoms with Gasteiger partial charge in [-0.3, -0.25) is 9.69 Å². The van der Waals surface area contributed by atoms with Gasteiger partial charge >= 0.3 is 0 Å². The lowest BCUT2D eigenvalue weighted by Crippen LogP contribution is -2.46. The van der Waals surface area contributed by atoms with Crippen LogP contribution in [0, 0.1) is 6.92 Å². The summed E-state index contributed by atoms with van der Waals surface area (Å²) >= 11 is 0. The number of fused-ring (bicyclic) bond motifs is 1. The predicted octanol–water partition coefficient (Wildman–Crippen LogP) is 3.31. The fraction of sp³-hybridized carbons (Fsp3) is 0.391. The summed E-state index contributed by atoms with van der Waals surface area (Å²) in [6.07, 6.45) is 2.11. The summed E-state index contributed by atoms with van der Waals surface area (Å²) in [5, 5.41) is 0. The van der Waals surface area contributed by atoms with E-state index in [1.54, 1.807) is 6.92 Å². The molecule has 5 nitrogen and oxygen atoms in total. The van der Waals surface area contributed by atoms with Gasteiger partial charge in [-0.1, -0.05) is 30.3 Å². The van der Waals surface area contributed by atoms with E-state index in [0.29, 0.717) is 5.69 Å². The predicted molar refractivity (Wildman–Crippen MR) is 115 cm³/mol. The molecule has 0 aliphatic carbocycles. The molecule has 1 aliphatic heterocycles. The first-order chi connectivity index (χ1) is 13.7. The van der Waals surface area contributed by atoms with E-state index in [4.69, 9.17) is 0 Å². The number of piperazine rings is 1. The molecule has 2 heterocycles. The van der Waals surface area contributed by atoms with Crippen LogP contribution >= 0.6 is 0 Å². The standard InChI is InChI=1S/C23H28N4O/c1-19-23(28)27(22-12-6-5-11-21(22)24-19)14-8-7-13-25-15-17-26(18-16-25)20-9-3-2-4-10-20/h2-6,9-12H,7-8,13-18H2,1H3. The Kier molecular flexibility index (Phi) is 5.72. The molecule has 1 fully saturated rings. The van der Waals surface area contributed by atoms with E-state index in [-0.39, 0.29) is 5.56 Å². The third-order valence-corrected chi connectivity index (χ3v) is 5.62. The molecule has 0 amide bonds. The molecule has 0 saturated carbocycles. The lowest BCUT2D eigenvalue weighted by atomic mass is 10.2. The van der Waals surface area contributed by atoms with Crippen LogP contribution in [-0.4, -0.2) is 47.2 Å². The Hall–Kier alpha value is -2.66. The van der Waals surface area contributed by atoms with Crippen LogP contribution < -0.4 is 10.5 Å². The minimum absolute atomic E-state index is 0.0372. The molecular formula is C23H28N4O. The number of benzene rings is 2. The van der Waals surface area contributed by atoms with Crippen molar-refractivity contribution in [3.8, 4) is 0 Å². The molecule has 2 aromatic carbocycles. The van der Waals surface area contributed by atoms with Gasteiger partial charge in [-0.25, -0.2) is 4.98 Å². The van der Waals surface area contributed by atoms with Crippen molar-refractivity contribution < 1.29 is 0 Å². The molecule has 4 rings (SSSR count). The molecule has 1 saturated heterocycles. The molecule has 0 atom stereocenters. The lowest BCUT2D eigenvalue weighted by molar-refractivity contribution is 0.251. The van der Waals surface area contributed by atoms with Gasteiger partial charge in [0.25, 0.3) is 5.56 Å². The van der Waals surface area contributed by atoms with Crippen molar-refractivity contribution in [2.24, 2.45) is 0 Å². The molecule has 5 heteroatoms. The highest BCUT2D eigenvalue weighted by molar-refractivity contribution is 5.74. The van der Waals surface area contributed by atoms with Crippen molar-refractivity contribution in [3.63, 3.8) is 0 Å². The largest absolute Gasteiger partial charge is 0.369 e. The molecule has 1 aliphatic rings. The zero-order valence-corrected chi connectivity index (χ0v) is 16.6. The maximum atomic E-state index is 12.5. The van der Waals surface area contributed by atoms with Crippen LogP contribution in [0.1, 0.15) is 18.5 Å². The fourth-order valence-corrected chi connectivity index (χ4v) is 4.02. The zero-order valence-electron chi connectivity index (χ0n) is 16.6. The molecular weight excluding hydrogens is 348 g/mol. The number of rotatable bonds is 6. The summed E-state index contributed by atoms with van der Waals surface area (Å²) in [7, 11) is 0. The number of hydrogen-bond donors (Lipinski definition) is 0. The van der Waals surface area contributed by atoms with Crippen molar-refractivity contribution in [2.45, 2.75) is 26.3 Å². The number of hydrogen-bond acceptors (Lipinski definition) is 4. The second kappa shape index (κ2) is 8.57. The summed E-state index contributed by atoms with van der Waals surface area (Å²) in [5.74, 6) is 0. The summed E-state index contributed by atoms with van der Waals surface area (Å²) < 4.78 is 1.89. The minimum atomic E-state index is 0.0372. The Morgan fingerprint density at radius 1 is 0.857 bits per heavy atom. The highest BCUT2D eigenvalue weighted by Crippen LogP contribution is 2.16. The van der Waals surface area contributed by atoms with Crippen LogP contribution in [0.25, 0.3) is 11.0 Å². The van der Waals surface area contributed by atoms with Gasteiger partial charge in [0.2, 0.25) is 0 Å². The third-order valence-electron chi connectivity index (χ3n) is 5.62. The molecule has 146 valence electrons. The van der Waals surface area contributed by atoms with Gasteiger partial charge in [-0.05, 0) is 50.6 Å². The maximum Gasteiger partial charge on any atom is 0.272 e. The maximum absolute atomic E-state index is 12.5. The van der Waals surface area contributed by atoms with Crippen LogP contribution in [0.15, 0.2) is 59.4 Å². The van der Waals surface area contributed by atoms with Gasteiger partial charge in [0.15, 0.2) is 0 Å². The van der Waals surface area contributed by atoms with Crippen LogP contribution in [0.5, 0.6) is 0 Å². The van der Waals surface area contributed by atoms with E-state index in [1.807, 2.05) is 28.8 Å². The van der Waals surface area contributed by atoms with Gasteiger partial charge < -0.3 is 9.47 Å². The van der Waals surface area contributed by atoms with Crippen molar-refractivity contribution in [2.75, 3.05) is 37.6 Å². The smallest absolute Gasteiger partial charge is 0.272 e. The molecule has 0 spiro atoms. The van der Waals surface area contributed by atoms with Crippen LogP contribution in [0.3, 0.4) is 0 Å². The SMILES string of the molecule is Cc1nc2ccccc2n(CCCCN2CCN(c3ccccc3)CC2)c1=O. The van der Waals surface area contributed by atoms with Gasteiger partial charge in [-0.2, -0.15) is 0 Å². The first-order valence-corrected chi connectivity index (χ1v) is 10.2. The molecule has 3 aromatic rings. The Bertz CT molecular complexity index is 975. The average molecular weight is 377 g/mol. The van der Waals surface area contributed by atoms with E-state index >= 15 is 0 Å². The number of anilines is 1. The topological polar surface area (TPSA) is 41.4 Å². The number of para-hydroxylation sites is 3. The number of aromatic nitrogens is 2. The second-order valence-corrected chi connectivity index (χ2v) is 7.51. The number of aryl methyl sites for hydroxylation is 2. The summed E-state index contributed by atoms with van der Waals surface area (Å²) in [6.45, 7) is 8.02. The third kappa shape index (κ3) is 4.09. The number of nitrogens with zero attached hydrogens (tertiary/aromatic N) is 4. The highest BCUT2D eigenvalue weighted by atomic mass is 16.1. The Morgan fingerprint density at radius 3 is 2.32 bits per heavy atom. The van der Waals surface area contributed by atoms with E-state index < -0.39 is 0 Å². The summed E-state index contributed by atoms with van der Waals surface area (Å²) in [6, 6.07) is 18.6. The van der Waals surface area contributed by atoms with E-state index in [9.17, 15) is 4.79 Å². The van der Waals surface area contributed by atoms with Gasteiger partial charge in [0, 0.05) is 38.4 Å². The van der Waals surface area contributed by atoms with Gasteiger partial charge in [-0.15, -0.1) is 0 Å². The monoisotopic (exact) mass is 376 g/mol. The minimum Gasteiger partial charge on any atom is -0.369 e. The molecule has 28 heavy (non-hydrogen) atoms. The van der Waals surface area contributed by atoms with E-state index in [1.165, 1.54) is 5.69 Å². The van der Waals surface area contributed by atoms with E-state index in [0.717, 1.165) is 63.1 Å².